The number of amides is 2. The van der Waals surface area contributed by atoms with Crippen LogP contribution in [0.4, 0.5) is 16.2 Å². The van der Waals surface area contributed by atoms with Crippen LogP contribution in [0.15, 0.2) is 42.5 Å². The molecule has 2 rings (SSSR count). The molecule has 2 amide bonds. The smallest absolute Gasteiger partial charge is 0.337 e. The van der Waals surface area contributed by atoms with Gasteiger partial charge in [0.15, 0.2) is 0 Å². The molecule has 0 aromatic heterocycles. The fourth-order valence-electron chi connectivity index (χ4n) is 1.61. The number of hydrogen-bond acceptors (Lipinski definition) is 2. The van der Waals surface area contributed by atoms with E-state index in [1.165, 1.54) is 18.2 Å². The molecule has 2 aromatic carbocycles. The van der Waals surface area contributed by atoms with E-state index in [1.807, 2.05) is 18.2 Å². The summed E-state index contributed by atoms with van der Waals surface area (Å²) >= 11 is 7.87. The molecule has 0 aliphatic rings. The maximum absolute atomic E-state index is 11.9. The number of benzene rings is 2. The Kier molecular flexibility index (Phi) is 5.03. The lowest BCUT2D eigenvalue weighted by Crippen LogP contribution is -2.20. The van der Waals surface area contributed by atoms with Gasteiger partial charge < -0.3 is 15.7 Å². The lowest BCUT2D eigenvalue weighted by Gasteiger charge is -2.10. The zero-order valence-electron chi connectivity index (χ0n) is 10.6. The summed E-state index contributed by atoms with van der Waals surface area (Å²) < 4.78 is 0.896. The number of rotatable bonds is 3. The van der Waals surface area contributed by atoms with Crippen LogP contribution in [0, 0.1) is 3.57 Å². The van der Waals surface area contributed by atoms with Crippen molar-refractivity contribution < 1.29 is 14.7 Å². The zero-order chi connectivity index (χ0) is 15.4. The van der Waals surface area contributed by atoms with Crippen LogP contribution in [0.2, 0.25) is 5.02 Å². The molecule has 0 atom stereocenters. The van der Waals surface area contributed by atoms with Crippen molar-refractivity contribution >= 4 is 57.6 Å². The number of para-hydroxylation sites is 1. The zero-order valence-corrected chi connectivity index (χ0v) is 13.5. The van der Waals surface area contributed by atoms with Gasteiger partial charge in [-0.2, -0.15) is 0 Å². The summed E-state index contributed by atoms with van der Waals surface area (Å²) in [7, 11) is 0. The number of hydrogen-bond donors (Lipinski definition) is 3. The van der Waals surface area contributed by atoms with E-state index in [1.54, 1.807) is 6.07 Å². The largest absolute Gasteiger partial charge is 0.478 e. The lowest BCUT2D eigenvalue weighted by atomic mass is 10.2. The number of nitrogens with one attached hydrogen (secondary N) is 2. The number of carboxylic acid groups (broad SMARTS) is 1. The highest BCUT2D eigenvalue weighted by atomic mass is 127. The van der Waals surface area contributed by atoms with Crippen molar-refractivity contribution in [2.24, 2.45) is 0 Å². The first kappa shape index (κ1) is 15.6. The SMILES string of the molecule is O=C(Nc1ccc(Cl)c(C(=O)O)c1)Nc1ccccc1I. The molecule has 0 aliphatic carbocycles. The first-order valence-corrected chi connectivity index (χ1v) is 7.28. The predicted octanol–water partition coefficient (Wildman–Crippen LogP) is 4.29. The Balaban J connectivity index is 2.12. The van der Waals surface area contributed by atoms with Crippen LogP contribution in [-0.2, 0) is 0 Å². The monoisotopic (exact) mass is 416 g/mol. The normalized spacial score (nSPS) is 10.0. The van der Waals surface area contributed by atoms with Gasteiger partial charge in [0.25, 0.3) is 0 Å². The van der Waals surface area contributed by atoms with Crippen molar-refractivity contribution in [2.45, 2.75) is 0 Å². The second-order valence-corrected chi connectivity index (χ2v) is 5.63. The second kappa shape index (κ2) is 6.77. The molecular weight excluding hydrogens is 407 g/mol. The Bertz CT molecular complexity index is 706. The van der Waals surface area contributed by atoms with Gasteiger partial charge in [-0.05, 0) is 52.9 Å². The average molecular weight is 417 g/mol. The molecule has 21 heavy (non-hydrogen) atoms. The molecule has 5 nitrogen and oxygen atoms in total. The Morgan fingerprint density at radius 2 is 1.81 bits per heavy atom. The van der Waals surface area contributed by atoms with Crippen molar-refractivity contribution in [3.63, 3.8) is 0 Å². The average Bonchev–Trinajstić information content (AvgIpc) is 2.43. The van der Waals surface area contributed by atoms with E-state index >= 15 is 0 Å². The second-order valence-electron chi connectivity index (χ2n) is 4.06. The Hall–Kier alpha value is -1.80. The minimum atomic E-state index is -1.15. The Labute approximate surface area is 139 Å². The van der Waals surface area contributed by atoms with E-state index in [9.17, 15) is 9.59 Å². The minimum Gasteiger partial charge on any atom is -0.478 e. The number of carboxylic acids is 1. The molecule has 0 bridgehead atoms. The molecule has 108 valence electrons. The number of carbonyl (C=O) groups is 2. The first-order valence-electron chi connectivity index (χ1n) is 5.83. The topological polar surface area (TPSA) is 78.4 Å². The molecule has 0 fully saturated rings. The van der Waals surface area contributed by atoms with E-state index in [0.29, 0.717) is 11.4 Å². The van der Waals surface area contributed by atoms with Crippen LogP contribution < -0.4 is 10.6 Å². The summed E-state index contributed by atoms with van der Waals surface area (Å²) in [6, 6.07) is 11.1. The van der Waals surface area contributed by atoms with Crippen molar-refractivity contribution in [2.75, 3.05) is 10.6 Å². The highest BCUT2D eigenvalue weighted by molar-refractivity contribution is 14.1. The molecule has 0 heterocycles. The number of halogens is 2. The molecule has 3 N–H and O–H groups in total. The van der Waals surface area contributed by atoms with E-state index in [4.69, 9.17) is 16.7 Å². The van der Waals surface area contributed by atoms with Gasteiger partial charge in [0.2, 0.25) is 0 Å². The van der Waals surface area contributed by atoms with Crippen LogP contribution >= 0.6 is 34.2 Å². The van der Waals surface area contributed by atoms with Crippen LogP contribution in [-0.4, -0.2) is 17.1 Å². The number of aromatic carboxylic acids is 1. The first-order chi connectivity index (χ1) is 9.97. The van der Waals surface area contributed by atoms with Crippen molar-refractivity contribution in [1.29, 1.82) is 0 Å². The van der Waals surface area contributed by atoms with Crippen molar-refractivity contribution in [1.82, 2.24) is 0 Å². The maximum Gasteiger partial charge on any atom is 0.337 e. The third kappa shape index (κ3) is 4.08. The molecule has 7 heteroatoms. The van der Waals surface area contributed by atoms with Crippen LogP contribution in [0.5, 0.6) is 0 Å². The summed E-state index contributed by atoms with van der Waals surface area (Å²) in [5.41, 5.74) is 0.951. The number of carbonyl (C=O) groups excluding carboxylic acids is 1. The molecule has 0 unspecified atom stereocenters. The van der Waals surface area contributed by atoms with E-state index in [0.717, 1.165) is 3.57 Å². The van der Waals surface area contributed by atoms with Gasteiger partial charge in [-0.1, -0.05) is 23.7 Å². The summed E-state index contributed by atoms with van der Waals surface area (Å²) in [5.74, 6) is -1.15. The summed E-state index contributed by atoms with van der Waals surface area (Å²) in [6.45, 7) is 0. The quantitative estimate of drug-likeness (QED) is 0.653. The van der Waals surface area contributed by atoms with E-state index in [-0.39, 0.29) is 10.6 Å². The van der Waals surface area contributed by atoms with Gasteiger partial charge in [-0.15, -0.1) is 0 Å². The fraction of sp³-hybridized carbons (Fsp3) is 0. The number of anilines is 2. The molecular formula is C14H10ClIN2O3. The van der Waals surface area contributed by atoms with Gasteiger partial charge >= 0.3 is 12.0 Å². The van der Waals surface area contributed by atoms with Gasteiger partial charge in [0.1, 0.15) is 0 Å². The van der Waals surface area contributed by atoms with Crippen molar-refractivity contribution in [3.8, 4) is 0 Å². The molecule has 0 saturated carbocycles. The van der Waals surface area contributed by atoms with Crippen molar-refractivity contribution in [3.05, 3.63) is 56.6 Å². The summed E-state index contributed by atoms with van der Waals surface area (Å²) in [6.07, 6.45) is 0. The lowest BCUT2D eigenvalue weighted by molar-refractivity contribution is 0.0697. The molecule has 0 spiro atoms. The molecule has 2 aromatic rings. The van der Waals surface area contributed by atoms with E-state index in [2.05, 4.69) is 33.2 Å². The third-order valence-corrected chi connectivity index (χ3v) is 3.85. The standard InChI is InChI=1S/C14H10ClIN2O3/c15-10-6-5-8(7-9(10)13(19)20)17-14(21)18-12-4-2-1-3-11(12)16/h1-7H,(H,19,20)(H2,17,18,21). The molecule has 0 saturated heterocycles. The Morgan fingerprint density at radius 1 is 1.10 bits per heavy atom. The van der Waals surface area contributed by atoms with Gasteiger partial charge in [-0.25, -0.2) is 9.59 Å². The highest BCUT2D eigenvalue weighted by Gasteiger charge is 2.11. The summed E-state index contributed by atoms with van der Waals surface area (Å²) in [5, 5.41) is 14.3. The predicted molar refractivity (Wildman–Crippen MR) is 90.2 cm³/mol. The van der Waals surface area contributed by atoms with Crippen LogP contribution in [0.25, 0.3) is 0 Å². The van der Waals surface area contributed by atoms with Crippen LogP contribution in [0.3, 0.4) is 0 Å². The van der Waals surface area contributed by atoms with Gasteiger partial charge in [0, 0.05) is 9.26 Å². The molecule has 0 aliphatic heterocycles. The molecule has 0 radical (unpaired) electrons. The van der Waals surface area contributed by atoms with Crippen LogP contribution in [0.1, 0.15) is 10.4 Å². The van der Waals surface area contributed by atoms with Gasteiger partial charge in [0.05, 0.1) is 16.3 Å². The Morgan fingerprint density at radius 3 is 2.48 bits per heavy atom. The van der Waals surface area contributed by atoms with Gasteiger partial charge in [-0.3, -0.25) is 0 Å². The highest BCUT2D eigenvalue weighted by Crippen LogP contribution is 2.21. The number of urea groups is 1. The minimum absolute atomic E-state index is 0.0660. The maximum atomic E-state index is 11.9. The summed E-state index contributed by atoms with van der Waals surface area (Å²) in [4.78, 5) is 22.9. The third-order valence-electron chi connectivity index (χ3n) is 2.58. The van der Waals surface area contributed by atoms with E-state index < -0.39 is 12.0 Å². The fourth-order valence-corrected chi connectivity index (χ4v) is 2.33.